The number of para-hydroxylation sites is 1. The van der Waals surface area contributed by atoms with E-state index in [0.29, 0.717) is 29.5 Å². The average Bonchev–Trinajstić information content (AvgIpc) is 3.31. The summed E-state index contributed by atoms with van der Waals surface area (Å²) in [7, 11) is 1.58. The maximum Gasteiger partial charge on any atom is 0.321 e. The Labute approximate surface area is 197 Å². The molecule has 1 aliphatic heterocycles. The Kier molecular flexibility index (Phi) is 6.88. The van der Waals surface area contributed by atoms with Crippen molar-refractivity contribution in [2.24, 2.45) is 0 Å². The molecule has 1 aromatic heterocycles. The van der Waals surface area contributed by atoms with Gasteiger partial charge in [0.2, 0.25) is 5.01 Å². The highest BCUT2D eigenvalue weighted by Crippen LogP contribution is 2.31. The van der Waals surface area contributed by atoms with Crippen molar-refractivity contribution in [2.75, 3.05) is 30.8 Å². The number of nitrogens with zero attached hydrogens (tertiary/aromatic N) is 3. The maximum absolute atomic E-state index is 12.9. The van der Waals surface area contributed by atoms with Crippen LogP contribution in [-0.4, -0.2) is 47.2 Å². The summed E-state index contributed by atoms with van der Waals surface area (Å²) < 4.78 is 5.37. The number of rotatable bonds is 5. The average molecular weight is 466 g/mol. The Morgan fingerprint density at radius 1 is 1.09 bits per heavy atom. The van der Waals surface area contributed by atoms with Gasteiger partial charge in [0.15, 0.2) is 0 Å². The Balaban J connectivity index is 1.41. The summed E-state index contributed by atoms with van der Waals surface area (Å²) in [6.45, 7) is 5.09. The van der Waals surface area contributed by atoms with Crippen molar-refractivity contribution in [3.63, 3.8) is 0 Å². The number of amides is 3. The third-order valence-corrected chi connectivity index (χ3v) is 6.77. The van der Waals surface area contributed by atoms with Gasteiger partial charge in [-0.15, -0.1) is 10.2 Å². The topological polar surface area (TPSA) is 96.4 Å². The molecule has 172 valence electrons. The number of likely N-dealkylation sites (tertiary alicyclic amines) is 1. The molecule has 0 radical (unpaired) electrons. The minimum atomic E-state index is -0.273. The molecule has 2 aromatic carbocycles. The summed E-state index contributed by atoms with van der Waals surface area (Å²) in [6.07, 6.45) is 1.75. The van der Waals surface area contributed by atoms with Crippen molar-refractivity contribution in [3.05, 3.63) is 63.6 Å². The van der Waals surface area contributed by atoms with Gasteiger partial charge in [0.05, 0.1) is 12.8 Å². The minimum absolute atomic E-state index is 0.0430. The predicted molar refractivity (Wildman–Crippen MR) is 129 cm³/mol. The molecule has 9 heteroatoms. The molecule has 0 bridgehead atoms. The molecule has 1 fully saturated rings. The molecule has 1 aliphatic rings. The van der Waals surface area contributed by atoms with Crippen molar-refractivity contribution < 1.29 is 14.3 Å². The molecule has 3 amide bonds. The van der Waals surface area contributed by atoms with Gasteiger partial charge in [-0.2, -0.15) is 0 Å². The summed E-state index contributed by atoms with van der Waals surface area (Å²) in [5, 5.41) is 15.3. The van der Waals surface area contributed by atoms with Crippen LogP contribution in [0.4, 0.5) is 16.2 Å². The van der Waals surface area contributed by atoms with E-state index in [-0.39, 0.29) is 17.9 Å². The summed E-state index contributed by atoms with van der Waals surface area (Å²) in [5.74, 6) is 0.391. The van der Waals surface area contributed by atoms with E-state index in [1.54, 1.807) is 12.0 Å². The SMILES string of the molecule is COc1ccc(C)cc1NC(=O)N1CCCC(c2nnc(C(=O)Nc3ccccc3C)s2)C1. The Morgan fingerprint density at radius 3 is 2.70 bits per heavy atom. The Bertz CT molecular complexity index is 1160. The number of hydrogen-bond acceptors (Lipinski definition) is 6. The molecule has 0 spiro atoms. The zero-order chi connectivity index (χ0) is 23.4. The van der Waals surface area contributed by atoms with E-state index < -0.39 is 0 Å². The number of methoxy groups -OCH3 is 1. The fraction of sp³-hybridized carbons (Fsp3) is 0.333. The molecular formula is C24H27N5O3S. The highest BCUT2D eigenvalue weighted by Gasteiger charge is 2.28. The van der Waals surface area contributed by atoms with E-state index >= 15 is 0 Å². The normalized spacial score (nSPS) is 15.7. The van der Waals surface area contributed by atoms with E-state index in [0.717, 1.165) is 34.7 Å². The third kappa shape index (κ3) is 5.31. The zero-order valence-electron chi connectivity index (χ0n) is 18.9. The van der Waals surface area contributed by atoms with E-state index in [2.05, 4.69) is 20.8 Å². The molecule has 8 nitrogen and oxygen atoms in total. The van der Waals surface area contributed by atoms with Crippen molar-refractivity contribution in [1.82, 2.24) is 15.1 Å². The fourth-order valence-corrected chi connectivity index (χ4v) is 4.72. The summed E-state index contributed by atoms with van der Waals surface area (Å²) in [4.78, 5) is 27.4. The van der Waals surface area contributed by atoms with Crippen LogP contribution in [0.1, 0.15) is 44.7 Å². The number of nitrogens with one attached hydrogen (secondary N) is 2. The second-order valence-corrected chi connectivity index (χ2v) is 9.14. The highest BCUT2D eigenvalue weighted by molar-refractivity contribution is 7.13. The van der Waals surface area contributed by atoms with Gasteiger partial charge in [-0.3, -0.25) is 4.79 Å². The number of ether oxygens (including phenoxy) is 1. The van der Waals surface area contributed by atoms with E-state index in [4.69, 9.17) is 4.74 Å². The largest absolute Gasteiger partial charge is 0.495 e. The van der Waals surface area contributed by atoms with Gasteiger partial charge in [0, 0.05) is 24.7 Å². The van der Waals surface area contributed by atoms with Crippen LogP contribution in [0.25, 0.3) is 0 Å². The monoisotopic (exact) mass is 465 g/mol. The number of hydrogen-bond donors (Lipinski definition) is 2. The molecule has 2 heterocycles. The standard InChI is InChI=1S/C24H27N5O3S/c1-15-10-11-20(32-3)19(13-15)26-24(31)29-12-6-8-17(14-29)22-27-28-23(33-22)21(30)25-18-9-5-4-7-16(18)2/h4-5,7,9-11,13,17H,6,8,12,14H2,1-3H3,(H,25,30)(H,26,31). The first kappa shape index (κ1) is 22.7. The number of aryl methyl sites for hydroxylation is 2. The first-order chi connectivity index (χ1) is 15.9. The van der Waals surface area contributed by atoms with Crippen molar-refractivity contribution in [2.45, 2.75) is 32.6 Å². The second-order valence-electron chi connectivity index (χ2n) is 8.13. The van der Waals surface area contributed by atoms with Crippen molar-refractivity contribution in [3.8, 4) is 5.75 Å². The number of urea groups is 1. The smallest absolute Gasteiger partial charge is 0.321 e. The lowest BCUT2D eigenvalue weighted by molar-refractivity contribution is 0.102. The van der Waals surface area contributed by atoms with Crippen LogP contribution in [0.5, 0.6) is 5.75 Å². The zero-order valence-corrected chi connectivity index (χ0v) is 19.7. The number of piperidine rings is 1. The molecule has 0 saturated carbocycles. The number of aromatic nitrogens is 2. The molecule has 0 aliphatic carbocycles. The summed E-state index contributed by atoms with van der Waals surface area (Å²) in [6, 6.07) is 13.1. The van der Waals surface area contributed by atoms with Gasteiger partial charge < -0.3 is 20.3 Å². The number of benzene rings is 2. The van der Waals surface area contributed by atoms with Crippen LogP contribution in [0, 0.1) is 13.8 Å². The van der Waals surface area contributed by atoms with Gasteiger partial charge in [-0.05, 0) is 56.0 Å². The van der Waals surface area contributed by atoms with Crippen molar-refractivity contribution >= 4 is 34.6 Å². The van der Waals surface area contributed by atoms with Crippen LogP contribution in [0.15, 0.2) is 42.5 Å². The first-order valence-corrected chi connectivity index (χ1v) is 11.7. The van der Waals surface area contributed by atoms with Gasteiger partial charge in [-0.1, -0.05) is 35.6 Å². The van der Waals surface area contributed by atoms with Crippen molar-refractivity contribution in [1.29, 1.82) is 0 Å². The van der Waals surface area contributed by atoms with Gasteiger partial charge >= 0.3 is 6.03 Å². The van der Waals surface area contributed by atoms with Crippen LogP contribution < -0.4 is 15.4 Å². The van der Waals surface area contributed by atoms with E-state index in [1.165, 1.54) is 11.3 Å². The molecular weight excluding hydrogens is 438 g/mol. The van der Waals surface area contributed by atoms with E-state index in [1.807, 2.05) is 56.3 Å². The van der Waals surface area contributed by atoms with Crippen LogP contribution in [0.2, 0.25) is 0 Å². The first-order valence-electron chi connectivity index (χ1n) is 10.9. The second kappa shape index (κ2) is 9.99. The molecule has 3 aromatic rings. The number of anilines is 2. The Morgan fingerprint density at radius 2 is 1.91 bits per heavy atom. The van der Waals surface area contributed by atoms with Gasteiger partial charge in [-0.25, -0.2) is 4.79 Å². The third-order valence-electron chi connectivity index (χ3n) is 5.68. The predicted octanol–water partition coefficient (Wildman–Crippen LogP) is 4.83. The summed E-state index contributed by atoms with van der Waals surface area (Å²) in [5.41, 5.74) is 3.42. The maximum atomic E-state index is 12.9. The van der Waals surface area contributed by atoms with Gasteiger partial charge in [0.25, 0.3) is 5.91 Å². The number of carbonyl (C=O) groups is 2. The molecule has 4 rings (SSSR count). The quantitative estimate of drug-likeness (QED) is 0.563. The lowest BCUT2D eigenvalue weighted by atomic mass is 9.99. The van der Waals surface area contributed by atoms with Crippen LogP contribution in [0.3, 0.4) is 0 Å². The van der Waals surface area contributed by atoms with Gasteiger partial charge in [0.1, 0.15) is 10.8 Å². The molecule has 1 saturated heterocycles. The molecule has 33 heavy (non-hydrogen) atoms. The molecule has 1 unspecified atom stereocenters. The molecule has 2 N–H and O–H groups in total. The summed E-state index contributed by atoms with van der Waals surface area (Å²) >= 11 is 1.29. The van der Waals surface area contributed by atoms with E-state index in [9.17, 15) is 9.59 Å². The lowest BCUT2D eigenvalue weighted by Gasteiger charge is -2.31. The highest BCUT2D eigenvalue weighted by atomic mass is 32.1. The Hall–Kier alpha value is -3.46. The number of carbonyl (C=O) groups excluding carboxylic acids is 2. The molecule has 1 atom stereocenters. The van der Waals surface area contributed by atoms with Crippen LogP contribution in [-0.2, 0) is 0 Å². The fourth-order valence-electron chi connectivity index (χ4n) is 3.86. The van der Waals surface area contributed by atoms with Crippen LogP contribution >= 0.6 is 11.3 Å². The minimum Gasteiger partial charge on any atom is -0.495 e. The lowest BCUT2D eigenvalue weighted by Crippen LogP contribution is -2.41.